The molecule has 1 heterocycles. The van der Waals surface area contributed by atoms with Crippen molar-refractivity contribution in [3.8, 4) is 5.75 Å². The van der Waals surface area contributed by atoms with Crippen LogP contribution in [0.5, 0.6) is 5.75 Å². The van der Waals surface area contributed by atoms with Gasteiger partial charge in [0.05, 0.1) is 5.92 Å². The molecule has 1 aromatic carbocycles. The van der Waals surface area contributed by atoms with Crippen LogP contribution in [0.15, 0.2) is 24.3 Å². The van der Waals surface area contributed by atoms with Gasteiger partial charge in [0.25, 0.3) is 0 Å². The monoisotopic (exact) mass is 465 g/mol. The Kier molecular flexibility index (Phi) is 5.49. The van der Waals surface area contributed by atoms with E-state index in [1.807, 2.05) is 18.2 Å². The summed E-state index contributed by atoms with van der Waals surface area (Å²) < 4.78 is 5.96. The maximum atomic E-state index is 13.4. The maximum Gasteiger partial charge on any atom is 0.314 e. The van der Waals surface area contributed by atoms with E-state index >= 15 is 0 Å². The van der Waals surface area contributed by atoms with Crippen molar-refractivity contribution < 1.29 is 19.1 Å². The standard InChI is InChI=1S/C29H39NO4/c1-27(2,3)17-7-6-8-18(15-17)34-26(33)21-10-9-19-25-20(11-13-28(19,21)4)29(5)14-12-24(32)30-23(29)16-22(25)31/h6-8,15,19-21,23,25H,9-14,16H2,1-5H3,(H,30,32)/t19-,20-,21+,23+,25-,28-,29+/m0/s1. The quantitative estimate of drug-likeness (QED) is 0.481. The van der Waals surface area contributed by atoms with Crippen LogP contribution in [-0.2, 0) is 19.8 Å². The second-order valence-corrected chi connectivity index (χ2v) is 12.9. The number of ether oxygens (including phenoxy) is 1. The highest BCUT2D eigenvalue weighted by molar-refractivity contribution is 5.86. The molecule has 0 radical (unpaired) electrons. The molecule has 3 aliphatic carbocycles. The number of fused-ring (bicyclic) bond motifs is 5. The number of carbonyl (C=O) groups excluding carboxylic acids is 3. The molecule has 4 aliphatic rings. The molecule has 0 bridgehead atoms. The van der Waals surface area contributed by atoms with Gasteiger partial charge in [-0.2, -0.15) is 0 Å². The Morgan fingerprint density at radius 1 is 1.03 bits per heavy atom. The average Bonchev–Trinajstić information content (AvgIpc) is 3.12. The van der Waals surface area contributed by atoms with Gasteiger partial charge in [0.2, 0.25) is 5.91 Å². The third kappa shape index (κ3) is 3.61. The Balaban J connectivity index is 1.37. The molecule has 5 rings (SSSR count). The van der Waals surface area contributed by atoms with E-state index in [-0.39, 0.29) is 63.6 Å². The molecule has 0 spiro atoms. The van der Waals surface area contributed by atoms with Gasteiger partial charge in [-0.1, -0.05) is 46.8 Å². The molecular weight excluding hydrogens is 426 g/mol. The van der Waals surface area contributed by atoms with Gasteiger partial charge in [-0.15, -0.1) is 0 Å². The minimum Gasteiger partial charge on any atom is -0.426 e. The Morgan fingerprint density at radius 3 is 2.50 bits per heavy atom. The second kappa shape index (κ2) is 7.93. The van der Waals surface area contributed by atoms with Crippen LogP contribution in [0.3, 0.4) is 0 Å². The molecule has 7 atom stereocenters. The Morgan fingerprint density at radius 2 is 1.76 bits per heavy atom. The summed E-state index contributed by atoms with van der Waals surface area (Å²) in [6.45, 7) is 11.0. The molecule has 5 heteroatoms. The van der Waals surface area contributed by atoms with E-state index in [0.717, 1.165) is 37.7 Å². The molecule has 184 valence electrons. The molecule has 4 fully saturated rings. The number of piperidine rings is 1. The molecule has 1 aliphatic heterocycles. The number of amides is 1. The van der Waals surface area contributed by atoms with E-state index in [2.05, 4.69) is 46.0 Å². The molecule has 0 aromatic heterocycles. The minimum absolute atomic E-state index is 0.00276. The highest BCUT2D eigenvalue weighted by Gasteiger charge is 2.64. The van der Waals surface area contributed by atoms with Gasteiger partial charge < -0.3 is 10.1 Å². The molecule has 34 heavy (non-hydrogen) atoms. The molecule has 1 N–H and O–H groups in total. The fourth-order valence-corrected chi connectivity index (χ4v) is 7.98. The minimum atomic E-state index is -0.212. The van der Waals surface area contributed by atoms with Gasteiger partial charge in [-0.05, 0) is 77.9 Å². The number of nitrogens with one attached hydrogen (secondary N) is 1. The molecule has 3 saturated carbocycles. The van der Waals surface area contributed by atoms with Crippen LogP contribution < -0.4 is 10.1 Å². The average molecular weight is 466 g/mol. The van der Waals surface area contributed by atoms with Crippen molar-refractivity contribution in [2.75, 3.05) is 0 Å². The molecule has 5 nitrogen and oxygen atoms in total. The third-order valence-corrected chi connectivity index (χ3v) is 10.1. The SMILES string of the molecule is CC(C)(C)c1cccc(OC(=O)[C@H]2CC[C@H]3[C@@H]4C(=O)C[C@H]5NC(=O)CC[C@]5(C)[C@H]4CC[C@]23C)c1. The first-order valence-electron chi connectivity index (χ1n) is 13.1. The number of carbonyl (C=O) groups is 3. The Labute approximate surface area is 203 Å². The fraction of sp³-hybridized carbons (Fsp3) is 0.690. The van der Waals surface area contributed by atoms with Crippen molar-refractivity contribution in [2.45, 2.75) is 91.0 Å². The smallest absolute Gasteiger partial charge is 0.314 e. The van der Waals surface area contributed by atoms with E-state index in [4.69, 9.17) is 4.74 Å². The van der Waals surface area contributed by atoms with Gasteiger partial charge in [0.15, 0.2) is 0 Å². The first-order chi connectivity index (χ1) is 15.9. The van der Waals surface area contributed by atoms with Gasteiger partial charge >= 0.3 is 5.97 Å². The van der Waals surface area contributed by atoms with Crippen molar-refractivity contribution in [2.24, 2.45) is 34.5 Å². The summed E-state index contributed by atoms with van der Waals surface area (Å²) in [6, 6.07) is 7.83. The summed E-state index contributed by atoms with van der Waals surface area (Å²) in [5.74, 6) is 1.15. The van der Waals surface area contributed by atoms with Crippen LogP contribution >= 0.6 is 0 Å². The summed E-state index contributed by atoms with van der Waals surface area (Å²) in [6.07, 6.45) is 5.40. The molecule has 1 saturated heterocycles. The van der Waals surface area contributed by atoms with Crippen LogP contribution in [0.25, 0.3) is 0 Å². The zero-order chi connectivity index (χ0) is 24.5. The van der Waals surface area contributed by atoms with Crippen molar-refractivity contribution in [3.05, 3.63) is 29.8 Å². The lowest BCUT2D eigenvalue weighted by atomic mass is 9.46. The topological polar surface area (TPSA) is 72.5 Å². The maximum absolute atomic E-state index is 13.4. The third-order valence-electron chi connectivity index (χ3n) is 10.1. The number of Topliss-reactive ketones (excluding diaryl/α,β-unsaturated/α-hetero) is 1. The normalized spacial score (nSPS) is 39.5. The predicted octanol–water partition coefficient (Wildman–Crippen LogP) is 5.21. The lowest BCUT2D eigenvalue weighted by molar-refractivity contribution is -0.159. The van der Waals surface area contributed by atoms with E-state index in [1.165, 1.54) is 0 Å². The van der Waals surface area contributed by atoms with Gasteiger partial charge in [-0.25, -0.2) is 0 Å². The van der Waals surface area contributed by atoms with Crippen LogP contribution in [0.2, 0.25) is 0 Å². The number of hydrogen-bond donors (Lipinski definition) is 1. The summed E-state index contributed by atoms with van der Waals surface area (Å²) >= 11 is 0. The van der Waals surface area contributed by atoms with Crippen molar-refractivity contribution in [3.63, 3.8) is 0 Å². The summed E-state index contributed by atoms with van der Waals surface area (Å²) in [5.41, 5.74) is 0.888. The number of hydrogen-bond acceptors (Lipinski definition) is 4. The van der Waals surface area contributed by atoms with E-state index in [1.54, 1.807) is 0 Å². The molecule has 1 amide bonds. The van der Waals surface area contributed by atoms with Crippen molar-refractivity contribution in [1.82, 2.24) is 5.32 Å². The summed E-state index contributed by atoms with van der Waals surface area (Å²) in [4.78, 5) is 38.9. The van der Waals surface area contributed by atoms with Gasteiger partial charge in [0, 0.05) is 24.8 Å². The van der Waals surface area contributed by atoms with Crippen LogP contribution in [0.4, 0.5) is 0 Å². The van der Waals surface area contributed by atoms with Gasteiger partial charge in [0.1, 0.15) is 11.5 Å². The zero-order valence-corrected chi connectivity index (χ0v) is 21.3. The molecule has 1 aromatic rings. The first-order valence-corrected chi connectivity index (χ1v) is 13.1. The first kappa shape index (κ1) is 23.6. The summed E-state index contributed by atoms with van der Waals surface area (Å²) in [5, 5.41) is 3.13. The van der Waals surface area contributed by atoms with Gasteiger partial charge in [-0.3, -0.25) is 14.4 Å². The van der Waals surface area contributed by atoms with Crippen molar-refractivity contribution in [1.29, 1.82) is 0 Å². The largest absolute Gasteiger partial charge is 0.426 e. The number of esters is 1. The number of benzene rings is 1. The summed E-state index contributed by atoms with van der Waals surface area (Å²) in [7, 11) is 0. The molecule has 0 unspecified atom stereocenters. The number of rotatable bonds is 2. The molecular formula is C29H39NO4. The second-order valence-electron chi connectivity index (χ2n) is 12.9. The fourth-order valence-electron chi connectivity index (χ4n) is 7.98. The van der Waals surface area contributed by atoms with E-state index in [0.29, 0.717) is 18.6 Å². The Hall–Kier alpha value is -2.17. The lowest BCUT2D eigenvalue weighted by Gasteiger charge is -2.59. The van der Waals surface area contributed by atoms with Crippen molar-refractivity contribution >= 4 is 17.7 Å². The predicted molar refractivity (Wildman–Crippen MR) is 130 cm³/mol. The van der Waals surface area contributed by atoms with E-state index in [9.17, 15) is 14.4 Å². The lowest BCUT2D eigenvalue weighted by Crippen LogP contribution is -2.63. The Bertz CT molecular complexity index is 1030. The number of ketones is 1. The zero-order valence-electron chi connectivity index (χ0n) is 21.3. The highest BCUT2D eigenvalue weighted by atomic mass is 16.5. The van der Waals surface area contributed by atoms with Crippen LogP contribution in [0, 0.1) is 34.5 Å². The van der Waals surface area contributed by atoms with Crippen LogP contribution in [-0.4, -0.2) is 23.7 Å². The van der Waals surface area contributed by atoms with Crippen LogP contribution in [0.1, 0.15) is 85.1 Å². The van der Waals surface area contributed by atoms with E-state index < -0.39 is 0 Å². The highest BCUT2D eigenvalue weighted by Crippen LogP contribution is 2.64.